The number of hydrogen-bond acceptors (Lipinski definition) is 4. The number of anilines is 1. The number of aromatic amines is 1. The van der Waals surface area contributed by atoms with Gasteiger partial charge in [0.2, 0.25) is 5.75 Å². The maximum Gasteiger partial charge on any atom is 0.295 e. The van der Waals surface area contributed by atoms with E-state index in [1.54, 1.807) is 13.0 Å². The number of nitrogens with zero attached hydrogens (tertiary/aromatic N) is 1. The van der Waals surface area contributed by atoms with E-state index in [1.165, 1.54) is 19.5 Å². The minimum atomic E-state index is -0.368. The van der Waals surface area contributed by atoms with Gasteiger partial charge in [-0.25, -0.2) is 9.37 Å². The average Bonchev–Trinajstić information content (AvgIpc) is 2.42. The zero-order valence-corrected chi connectivity index (χ0v) is 11.5. The number of benzene rings is 1. The van der Waals surface area contributed by atoms with Crippen LogP contribution in [0.4, 0.5) is 10.2 Å². The number of ether oxygens (including phenoxy) is 1. The lowest BCUT2D eigenvalue weighted by atomic mass is 10.1. The molecule has 0 saturated heterocycles. The van der Waals surface area contributed by atoms with Gasteiger partial charge >= 0.3 is 0 Å². The van der Waals surface area contributed by atoms with Crippen molar-refractivity contribution in [3.8, 4) is 5.75 Å². The van der Waals surface area contributed by atoms with Gasteiger partial charge in [-0.05, 0) is 31.0 Å². The van der Waals surface area contributed by atoms with Gasteiger partial charge in [0, 0.05) is 0 Å². The van der Waals surface area contributed by atoms with E-state index >= 15 is 0 Å². The van der Waals surface area contributed by atoms with Crippen molar-refractivity contribution in [2.75, 3.05) is 12.4 Å². The Kier molecular flexibility index (Phi) is 4.02. The van der Waals surface area contributed by atoms with Gasteiger partial charge in [-0.1, -0.05) is 12.1 Å². The van der Waals surface area contributed by atoms with Crippen molar-refractivity contribution in [3.63, 3.8) is 0 Å². The molecule has 2 rings (SSSR count). The fourth-order valence-corrected chi connectivity index (χ4v) is 1.85. The van der Waals surface area contributed by atoms with Crippen LogP contribution in [0.15, 0.2) is 29.3 Å². The van der Waals surface area contributed by atoms with E-state index in [2.05, 4.69) is 15.3 Å². The lowest BCUT2D eigenvalue weighted by Crippen LogP contribution is -2.16. The van der Waals surface area contributed by atoms with Crippen molar-refractivity contribution in [1.82, 2.24) is 9.97 Å². The van der Waals surface area contributed by atoms with Crippen molar-refractivity contribution in [2.24, 2.45) is 0 Å². The molecule has 0 bridgehead atoms. The topological polar surface area (TPSA) is 67.0 Å². The molecular weight excluding hydrogens is 261 g/mol. The van der Waals surface area contributed by atoms with E-state index in [-0.39, 0.29) is 23.2 Å². The summed E-state index contributed by atoms with van der Waals surface area (Å²) in [5.74, 6) is 0.165. The molecule has 2 N–H and O–H groups in total. The lowest BCUT2D eigenvalue weighted by Gasteiger charge is -2.16. The maximum atomic E-state index is 13.6. The van der Waals surface area contributed by atoms with Gasteiger partial charge in [-0.15, -0.1) is 0 Å². The Labute approximate surface area is 115 Å². The summed E-state index contributed by atoms with van der Waals surface area (Å²) in [4.78, 5) is 18.0. The molecule has 2 aromatic rings. The fraction of sp³-hybridized carbons (Fsp3) is 0.286. The third-order valence-electron chi connectivity index (χ3n) is 3.06. The van der Waals surface area contributed by atoms with Crippen LogP contribution in [-0.2, 0) is 0 Å². The lowest BCUT2D eigenvalue weighted by molar-refractivity contribution is 0.407. The standard InChI is InChI=1S/C14H16FN3O2/c1-8-4-5-10(6-11(8)15)9(2)18-13-12(20-3)14(19)17-7-16-13/h4-7,9H,1-3H3,(H2,16,17,18,19). The quantitative estimate of drug-likeness (QED) is 0.900. The summed E-state index contributed by atoms with van der Waals surface area (Å²) in [6.07, 6.45) is 1.29. The van der Waals surface area contributed by atoms with Crippen LogP contribution in [0.5, 0.6) is 5.75 Å². The number of nitrogens with one attached hydrogen (secondary N) is 2. The zero-order chi connectivity index (χ0) is 14.7. The monoisotopic (exact) mass is 277 g/mol. The van der Waals surface area contributed by atoms with Crippen LogP contribution in [0.1, 0.15) is 24.1 Å². The van der Waals surface area contributed by atoms with Crippen molar-refractivity contribution in [2.45, 2.75) is 19.9 Å². The highest BCUT2D eigenvalue weighted by molar-refractivity contribution is 5.49. The Morgan fingerprint density at radius 3 is 2.85 bits per heavy atom. The molecule has 1 atom stereocenters. The first-order valence-electron chi connectivity index (χ1n) is 6.17. The maximum absolute atomic E-state index is 13.6. The molecule has 1 aromatic carbocycles. The molecule has 0 amide bonds. The van der Waals surface area contributed by atoms with Crippen molar-refractivity contribution < 1.29 is 9.13 Å². The molecule has 5 nitrogen and oxygen atoms in total. The van der Waals surface area contributed by atoms with Gasteiger partial charge in [-0.2, -0.15) is 0 Å². The number of rotatable bonds is 4. The summed E-state index contributed by atoms with van der Waals surface area (Å²) in [7, 11) is 1.40. The van der Waals surface area contributed by atoms with Crippen LogP contribution in [0, 0.1) is 12.7 Å². The Bertz CT molecular complexity index is 670. The van der Waals surface area contributed by atoms with Crippen LogP contribution in [0.2, 0.25) is 0 Å². The van der Waals surface area contributed by atoms with Gasteiger partial charge in [0.1, 0.15) is 5.82 Å². The van der Waals surface area contributed by atoms with E-state index in [9.17, 15) is 9.18 Å². The molecule has 0 spiro atoms. The molecule has 20 heavy (non-hydrogen) atoms. The third-order valence-corrected chi connectivity index (χ3v) is 3.06. The first-order chi connectivity index (χ1) is 9.52. The first-order valence-corrected chi connectivity index (χ1v) is 6.17. The van der Waals surface area contributed by atoms with E-state index in [4.69, 9.17) is 4.74 Å². The molecule has 1 unspecified atom stereocenters. The number of aromatic nitrogens is 2. The Hall–Kier alpha value is -2.37. The molecule has 106 valence electrons. The van der Waals surface area contributed by atoms with Crippen LogP contribution in [0.3, 0.4) is 0 Å². The Morgan fingerprint density at radius 2 is 2.20 bits per heavy atom. The minimum Gasteiger partial charge on any atom is -0.489 e. The molecule has 0 radical (unpaired) electrons. The van der Waals surface area contributed by atoms with E-state index in [0.29, 0.717) is 11.4 Å². The highest BCUT2D eigenvalue weighted by Crippen LogP contribution is 2.23. The second-order valence-electron chi connectivity index (χ2n) is 4.49. The summed E-state index contributed by atoms with van der Waals surface area (Å²) in [6.45, 7) is 3.56. The molecule has 1 aromatic heterocycles. The molecule has 6 heteroatoms. The summed E-state index contributed by atoms with van der Waals surface area (Å²) in [5.41, 5.74) is 0.984. The SMILES string of the molecule is COc1c(NC(C)c2ccc(C)c(F)c2)nc[nH]c1=O. The third kappa shape index (κ3) is 2.79. The van der Waals surface area contributed by atoms with Crippen molar-refractivity contribution in [1.29, 1.82) is 0 Å². The summed E-state index contributed by atoms with van der Waals surface area (Å²) >= 11 is 0. The molecule has 0 aliphatic carbocycles. The highest BCUT2D eigenvalue weighted by atomic mass is 19.1. The Morgan fingerprint density at radius 1 is 1.45 bits per heavy atom. The average molecular weight is 277 g/mol. The molecule has 1 heterocycles. The van der Waals surface area contributed by atoms with Gasteiger partial charge in [0.05, 0.1) is 19.5 Å². The van der Waals surface area contributed by atoms with Crippen molar-refractivity contribution in [3.05, 3.63) is 51.8 Å². The number of aryl methyl sites for hydroxylation is 1. The number of halogens is 1. The predicted octanol–water partition coefficient (Wildman–Crippen LogP) is 2.40. The molecule has 0 fully saturated rings. The number of methoxy groups -OCH3 is 1. The van der Waals surface area contributed by atoms with Crippen LogP contribution in [-0.4, -0.2) is 17.1 Å². The van der Waals surface area contributed by atoms with Gasteiger partial charge in [0.25, 0.3) is 5.56 Å². The summed E-state index contributed by atoms with van der Waals surface area (Å²) < 4.78 is 18.6. The molecular formula is C14H16FN3O2. The minimum absolute atomic E-state index is 0.104. The van der Waals surface area contributed by atoms with Gasteiger partial charge < -0.3 is 15.0 Å². The van der Waals surface area contributed by atoms with E-state index < -0.39 is 0 Å². The zero-order valence-electron chi connectivity index (χ0n) is 11.5. The Balaban J connectivity index is 2.27. The van der Waals surface area contributed by atoms with E-state index in [0.717, 1.165) is 5.56 Å². The van der Waals surface area contributed by atoms with Crippen molar-refractivity contribution >= 4 is 5.82 Å². The van der Waals surface area contributed by atoms with E-state index in [1.807, 2.05) is 13.0 Å². The smallest absolute Gasteiger partial charge is 0.295 e. The molecule has 0 saturated carbocycles. The fourth-order valence-electron chi connectivity index (χ4n) is 1.85. The number of H-pyrrole nitrogens is 1. The molecule has 0 aliphatic rings. The summed E-state index contributed by atoms with van der Waals surface area (Å²) in [6, 6.07) is 4.79. The largest absolute Gasteiger partial charge is 0.489 e. The highest BCUT2D eigenvalue weighted by Gasteiger charge is 2.13. The summed E-state index contributed by atoms with van der Waals surface area (Å²) in [5, 5.41) is 3.04. The normalized spacial score (nSPS) is 12.0. The second-order valence-corrected chi connectivity index (χ2v) is 4.49. The number of hydrogen-bond donors (Lipinski definition) is 2. The first kappa shape index (κ1) is 14.0. The van der Waals surface area contributed by atoms with Gasteiger partial charge in [0.15, 0.2) is 5.82 Å². The second kappa shape index (κ2) is 5.73. The van der Waals surface area contributed by atoms with Crippen LogP contribution < -0.4 is 15.6 Å². The van der Waals surface area contributed by atoms with Crippen LogP contribution >= 0.6 is 0 Å². The van der Waals surface area contributed by atoms with Crippen LogP contribution in [0.25, 0.3) is 0 Å². The van der Waals surface area contributed by atoms with Gasteiger partial charge in [-0.3, -0.25) is 4.79 Å². The predicted molar refractivity (Wildman–Crippen MR) is 74.6 cm³/mol. The molecule has 0 aliphatic heterocycles.